The number of nitrogens with one attached hydrogen (secondary N) is 2. The summed E-state index contributed by atoms with van der Waals surface area (Å²) in [6.07, 6.45) is 4.10. The lowest BCUT2D eigenvalue weighted by Crippen LogP contribution is -2.29. The van der Waals surface area contributed by atoms with Crippen LogP contribution in [-0.4, -0.2) is 26.7 Å². The Hall–Kier alpha value is -3.13. The third-order valence-corrected chi connectivity index (χ3v) is 6.41. The number of amidine groups is 1. The van der Waals surface area contributed by atoms with E-state index in [1.165, 1.54) is 17.7 Å². The predicted molar refractivity (Wildman–Crippen MR) is 116 cm³/mol. The van der Waals surface area contributed by atoms with Crippen molar-refractivity contribution in [2.45, 2.75) is 37.5 Å². The number of anilines is 1. The number of hydrogen-bond acceptors (Lipinski definition) is 5. The highest BCUT2D eigenvalue weighted by Gasteiger charge is 2.19. The molecule has 7 nitrogen and oxygen atoms in total. The number of amides is 1. The molecular formula is C22H23N3O4S. The van der Waals surface area contributed by atoms with E-state index in [0.29, 0.717) is 24.5 Å². The zero-order valence-corrected chi connectivity index (χ0v) is 17.5. The maximum Gasteiger partial charge on any atom is 0.262 e. The van der Waals surface area contributed by atoms with Crippen molar-refractivity contribution < 1.29 is 17.6 Å². The van der Waals surface area contributed by atoms with E-state index < -0.39 is 10.0 Å². The molecule has 1 aromatic heterocycles. The fourth-order valence-corrected chi connectivity index (χ4v) is 4.58. The molecular weight excluding hydrogens is 402 g/mol. The van der Waals surface area contributed by atoms with Gasteiger partial charge in [-0.05, 0) is 42.7 Å². The van der Waals surface area contributed by atoms with Crippen molar-refractivity contribution in [3.05, 3.63) is 59.9 Å². The minimum absolute atomic E-state index is 0.0794. The third kappa shape index (κ3) is 4.38. The number of rotatable bonds is 6. The molecule has 0 fully saturated rings. The lowest BCUT2D eigenvalue weighted by atomic mass is 10.1. The Bertz CT molecular complexity index is 1230. The number of carbonyl (C=O) groups excluding carboxylic acids is 1. The molecule has 0 spiro atoms. The highest BCUT2D eigenvalue weighted by molar-refractivity contribution is 7.90. The van der Waals surface area contributed by atoms with Gasteiger partial charge in [0.05, 0.1) is 17.6 Å². The number of nitrogens with zero attached hydrogens (tertiary/aromatic N) is 1. The van der Waals surface area contributed by atoms with Crippen LogP contribution >= 0.6 is 0 Å². The van der Waals surface area contributed by atoms with Crippen molar-refractivity contribution in [2.24, 2.45) is 4.99 Å². The highest BCUT2D eigenvalue weighted by Crippen LogP contribution is 2.24. The molecule has 2 N–H and O–H groups in total. The molecule has 1 amide bonds. The molecule has 0 aliphatic carbocycles. The first-order valence-electron chi connectivity index (χ1n) is 9.89. The summed E-state index contributed by atoms with van der Waals surface area (Å²) in [6, 6.07) is 12.1. The lowest BCUT2D eigenvalue weighted by Gasteiger charge is -2.10. The van der Waals surface area contributed by atoms with Crippen LogP contribution in [0.1, 0.15) is 30.9 Å². The molecule has 8 heteroatoms. The quantitative estimate of drug-likeness (QED) is 0.629. The van der Waals surface area contributed by atoms with Gasteiger partial charge in [-0.1, -0.05) is 25.1 Å². The Morgan fingerprint density at radius 2 is 2.07 bits per heavy atom. The summed E-state index contributed by atoms with van der Waals surface area (Å²) in [5.74, 6) is 0.224. The summed E-state index contributed by atoms with van der Waals surface area (Å²) in [4.78, 5) is 16.8. The Morgan fingerprint density at radius 1 is 1.20 bits per heavy atom. The van der Waals surface area contributed by atoms with Crippen LogP contribution in [0.4, 0.5) is 5.69 Å². The minimum Gasteiger partial charge on any atom is -0.464 e. The molecule has 1 aliphatic rings. The zero-order valence-electron chi connectivity index (χ0n) is 16.6. The van der Waals surface area contributed by atoms with E-state index in [0.717, 1.165) is 29.4 Å². The number of sulfonamides is 1. The smallest absolute Gasteiger partial charge is 0.262 e. The van der Waals surface area contributed by atoms with Crippen molar-refractivity contribution in [3.63, 3.8) is 0 Å². The van der Waals surface area contributed by atoms with Gasteiger partial charge in [-0.3, -0.25) is 14.5 Å². The average molecular weight is 426 g/mol. The van der Waals surface area contributed by atoms with Crippen LogP contribution in [0.3, 0.4) is 0 Å². The number of fused-ring (bicyclic) bond motifs is 1. The molecule has 1 aliphatic heterocycles. The number of aliphatic imine (C=N–C) groups is 1. The maximum absolute atomic E-state index is 12.6. The summed E-state index contributed by atoms with van der Waals surface area (Å²) in [5, 5.41) is 3.67. The second-order valence-electron chi connectivity index (χ2n) is 7.24. The van der Waals surface area contributed by atoms with Gasteiger partial charge in [-0.2, -0.15) is 0 Å². The zero-order chi connectivity index (χ0) is 21.1. The number of furan rings is 1. The number of benzene rings is 2. The standard InChI is InChI=1S/C22H23N3O4S/c1-2-15-8-9-19-16(14-29-20(19)11-15)12-22(26)24-17-5-3-6-18(13-17)30(27,28)25-21-7-4-10-23-21/h3,5-6,8-9,11,13-14H,2,4,7,10,12H2,1H3,(H,23,25)(H,24,26). The van der Waals surface area contributed by atoms with Gasteiger partial charge in [-0.15, -0.1) is 0 Å². The molecule has 2 aromatic carbocycles. The van der Waals surface area contributed by atoms with Crippen LogP contribution in [0.5, 0.6) is 0 Å². The van der Waals surface area contributed by atoms with Crippen molar-refractivity contribution in [1.82, 2.24) is 4.72 Å². The van der Waals surface area contributed by atoms with Crippen LogP contribution in [0.2, 0.25) is 0 Å². The van der Waals surface area contributed by atoms with E-state index in [2.05, 4.69) is 22.0 Å². The van der Waals surface area contributed by atoms with E-state index in [1.807, 2.05) is 18.2 Å². The molecule has 0 unspecified atom stereocenters. The van der Waals surface area contributed by atoms with Crippen molar-refractivity contribution in [3.8, 4) is 0 Å². The molecule has 0 atom stereocenters. The van der Waals surface area contributed by atoms with Crippen LogP contribution in [-0.2, 0) is 27.7 Å². The molecule has 156 valence electrons. The van der Waals surface area contributed by atoms with Crippen LogP contribution in [0.25, 0.3) is 11.0 Å². The van der Waals surface area contributed by atoms with Gasteiger partial charge in [0.25, 0.3) is 10.0 Å². The van der Waals surface area contributed by atoms with Crippen molar-refractivity contribution >= 4 is 38.4 Å². The predicted octanol–water partition coefficient (Wildman–Crippen LogP) is 3.65. The molecule has 0 saturated carbocycles. The summed E-state index contributed by atoms with van der Waals surface area (Å²) in [7, 11) is -3.73. The fraction of sp³-hybridized carbons (Fsp3) is 0.273. The largest absolute Gasteiger partial charge is 0.464 e. The minimum atomic E-state index is -3.73. The van der Waals surface area contributed by atoms with Gasteiger partial charge in [0.15, 0.2) is 0 Å². The number of aryl methyl sites for hydroxylation is 1. The summed E-state index contributed by atoms with van der Waals surface area (Å²) in [6.45, 7) is 2.71. The van der Waals surface area contributed by atoms with Gasteiger partial charge in [0.2, 0.25) is 5.91 Å². The van der Waals surface area contributed by atoms with Crippen LogP contribution in [0, 0.1) is 0 Å². The summed E-state index contributed by atoms with van der Waals surface area (Å²) < 4.78 is 33.2. The van der Waals surface area contributed by atoms with Gasteiger partial charge < -0.3 is 9.73 Å². The van der Waals surface area contributed by atoms with Gasteiger partial charge in [0.1, 0.15) is 11.4 Å². The Labute approximate surface area is 175 Å². The second kappa shape index (κ2) is 8.31. The third-order valence-electron chi connectivity index (χ3n) is 5.03. The van der Waals surface area contributed by atoms with E-state index in [-0.39, 0.29) is 17.2 Å². The number of carbonyl (C=O) groups is 1. The maximum atomic E-state index is 12.6. The van der Waals surface area contributed by atoms with Gasteiger partial charge in [0, 0.05) is 29.6 Å². The second-order valence-corrected chi connectivity index (χ2v) is 8.92. The molecule has 30 heavy (non-hydrogen) atoms. The van der Waals surface area contributed by atoms with Crippen LogP contribution < -0.4 is 10.0 Å². The molecule has 0 bridgehead atoms. The molecule has 2 heterocycles. The molecule has 0 radical (unpaired) electrons. The summed E-state index contributed by atoms with van der Waals surface area (Å²) in [5.41, 5.74) is 3.13. The van der Waals surface area contributed by atoms with Crippen LogP contribution in [0.15, 0.2) is 63.0 Å². The fourth-order valence-electron chi connectivity index (χ4n) is 3.44. The number of hydrogen-bond donors (Lipinski definition) is 2. The van der Waals surface area contributed by atoms with Crippen molar-refractivity contribution in [2.75, 3.05) is 11.9 Å². The van der Waals surface area contributed by atoms with Gasteiger partial charge in [-0.25, -0.2) is 8.42 Å². The topological polar surface area (TPSA) is 101 Å². The highest BCUT2D eigenvalue weighted by atomic mass is 32.2. The molecule has 3 aromatic rings. The monoisotopic (exact) mass is 425 g/mol. The van der Waals surface area contributed by atoms with Gasteiger partial charge >= 0.3 is 0 Å². The summed E-state index contributed by atoms with van der Waals surface area (Å²) >= 11 is 0. The molecule has 0 saturated heterocycles. The molecule has 4 rings (SSSR count). The Morgan fingerprint density at radius 3 is 2.83 bits per heavy atom. The van der Waals surface area contributed by atoms with E-state index in [4.69, 9.17) is 4.42 Å². The average Bonchev–Trinajstić information content (AvgIpc) is 3.37. The van der Waals surface area contributed by atoms with E-state index >= 15 is 0 Å². The normalized spacial score (nSPS) is 14.0. The lowest BCUT2D eigenvalue weighted by molar-refractivity contribution is -0.115. The van der Waals surface area contributed by atoms with E-state index in [1.54, 1.807) is 18.4 Å². The van der Waals surface area contributed by atoms with Crippen molar-refractivity contribution in [1.29, 1.82) is 0 Å². The SMILES string of the molecule is CCc1ccc2c(CC(=O)Nc3cccc(S(=O)(=O)NC4=NCCC4)c3)coc2c1. The first-order valence-corrected chi connectivity index (χ1v) is 11.4. The Balaban J connectivity index is 1.47. The Kier molecular flexibility index (Phi) is 5.59. The van der Waals surface area contributed by atoms with E-state index in [9.17, 15) is 13.2 Å². The first-order chi connectivity index (χ1) is 14.4. The first kappa shape index (κ1) is 20.2.